The number of benzene rings is 5. The fraction of sp³-hybridized carbons (Fsp3) is 0.217. The third kappa shape index (κ3) is 13.6. The maximum absolute atomic E-state index is 8.25. The van der Waals surface area contributed by atoms with Gasteiger partial charge in [-0.15, -0.1) is 89.0 Å². The molecule has 0 spiro atoms. The number of fused-ring (bicyclic) bond motifs is 6. The summed E-state index contributed by atoms with van der Waals surface area (Å²) in [6, 6.07) is 44.0. The van der Waals surface area contributed by atoms with Crippen LogP contribution < -0.4 is 0 Å². The van der Waals surface area contributed by atoms with Gasteiger partial charge in [-0.05, 0) is 76.3 Å². The van der Waals surface area contributed by atoms with Crippen molar-refractivity contribution in [3.05, 3.63) is 201 Å². The van der Waals surface area contributed by atoms with Crippen molar-refractivity contribution in [1.82, 2.24) is 15.0 Å². The van der Waals surface area contributed by atoms with Crippen LogP contribution in [0.3, 0.4) is 0 Å². The Kier molecular flexibility index (Phi) is 12.8. The number of nitrogens with zero attached hydrogens (tertiary/aromatic N) is 3. The topological polar surface area (TPSA) is 65.0 Å². The van der Waals surface area contributed by atoms with E-state index in [0.717, 1.165) is 44.0 Å². The molecule has 5 aromatic carbocycles. The van der Waals surface area contributed by atoms with E-state index in [4.69, 9.17) is 26.7 Å². The van der Waals surface area contributed by atoms with Crippen molar-refractivity contribution >= 4 is 43.9 Å². The Morgan fingerprint density at radius 2 is 1.07 bits per heavy atom. The summed E-state index contributed by atoms with van der Waals surface area (Å²) in [5.74, 6) is 0. The van der Waals surface area contributed by atoms with Crippen LogP contribution in [-0.4, -0.2) is 15.0 Å². The largest absolute Gasteiger partial charge is 3.00 e. The zero-order chi connectivity index (χ0) is 55.4. The third-order valence-corrected chi connectivity index (χ3v) is 9.70. The number of aromatic nitrogens is 3. The molecule has 5 nitrogen and oxygen atoms in total. The molecular weight excluding hydrogens is 1180 g/mol. The summed E-state index contributed by atoms with van der Waals surface area (Å²) >= 11 is 0. The predicted octanol–water partition coefficient (Wildman–Crippen LogP) is 16.4. The summed E-state index contributed by atoms with van der Waals surface area (Å²) in [7, 11) is 0. The van der Waals surface area contributed by atoms with E-state index in [2.05, 4.69) is 33.2 Å². The average Bonchev–Trinajstić information content (AvgIpc) is 3.97. The first kappa shape index (κ1) is 37.4. The minimum atomic E-state index is -2.18. The Bertz CT molecular complexity index is 3550. The zero-order valence-corrected chi connectivity index (χ0v) is 43.4. The summed E-state index contributed by atoms with van der Waals surface area (Å²) in [5, 5.41) is 3.76. The van der Waals surface area contributed by atoms with Crippen molar-refractivity contribution in [2.75, 3.05) is 0 Å². The molecule has 67 heavy (non-hydrogen) atoms. The van der Waals surface area contributed by atoms with E-state index >= 15 is 0 Å². The number of rotatable bonds is 5. The van der Waals surface area contributed by atoms with Crippen LogP contribution in [0, 0.1) is 64.4 Å². The molecule has 0 aliphatic carbocycles. The van der Waals surface area contributed by atoms with Gasteiger partial charge >= 0.3 is 20.1 Å². The van der Waals surface area contributed by atoms with E-state index in [9.17, 15) is 0 Å². The van der Waals surface area contributed by atoms with Crippen LogP contribution in [-0.2, 0) is 53.0 Å². The van der Waals surface area contributed by atoms with Gasteiger partial charge in [0.05, 0.1) is 11.8 Å². The Morgan fingerprint density at radius 1 is 0.522 bits per heavy atom. The van der Waals surface area contributed by atoms with E-state index in [1.54, 1.807) is 72.9 Å². The summed E-state index contributed by atoms with van der Waals surface area (Å²) in [5.41, 5.74) is 7.48. The van der Waals surface area contributed by atoms with Crippen LogP contribution in [0.1, 0.15) is 87.2 Å². The van der Waals surface area contributed by atoms with Crippen molar-refractivity contribution in [3.8, 4) is 33.8 Å². The van der Waals surface area contributed by atoms with Crippen LogP contribution in [0.5, 0.6) is 0 Å². The molecule has 1 radical (unpaired) electrons. The number of para-hydroxylation sites is 1. The van der Waals surface area contributed by atoms with E-state index in [0.29, 0.717) is 44.8 Å². The molecule has 0 N–H and O–H groups in total. The third-order valence-electron chi connectivity index (χ3n) is 9.70. The number of pyridine rings is 3. The van der Waals surface area contributed by atoms with Gasteiger partial charge in [0.2, 0.25) is 0 Å². The molecule has 10 aromatic rings. The molecule has 0 unspecified atom stereocenters. The van der Waals surface area contributed by atoms with Gasteiger partial charge in [0, 0.05) is 66.5 Å². The molecule has 0 atom stereocenters. The molecule has 0 bridgehead atoms. The minimum Gasteiger partial charge on any atom is -0.501 e. The summed E-state index contributed by atoms with van der Waals surface area (Å²) in [6.45, 7) is 4.63. The minimum absolute atomic E-state index is 0. The quantitative estimate of drug-likeness (QED) is 0.161. The van der Waals surface area contributed by atoms with Gasteiger partial charge in [-0.3, -0.25) is 0 Å². The maximum atomic E-state index is 8.25. The molecule has 10 rings (SSSR count). The standard InChI is InChI=1S/C24H14NO2.2C17H20N.2CH3.2Ir/c1-14-9-10-16-17-6-4-7-18(24(17)27-22(16)11-14)20-12-19-15-5-2-3-8-21(15)26-23(19)13-25-20;2*1-13-5-8-15(9-6-13)16-10-7-14(12-18-16)11-17(2,3)4;;;;/h2-6,8-13H,1H3;2*5-8,10,12H,11H2,1-4H3;2*1H3;;/q5*-1;;+3/i1D3;2*1D3,11D2;;;;. The number of aryl methyl sites for hydroxylation is 3. The monoisotopic (exact) mass is 1250 g/mol. The summed E-state index contributed by atoms with van der Waals surface area (Å²) in [6.07, 6.45) is 1.80. The van der Waals surface area contributed by atoms with Crippen molar-refractivity contribution in [2.24, 2.45) is 10.8 Å². The van der Waals surface area contributed by atoms with E-state index in [1.165, 1.54) is 24.5 Å². The molecule has 0 saturated heterocycles. The van der Waals surface area contributed by atoms with Crippen LogP contribution in [0.25, 0.3) is 77.6 Å². The Morgan fingerprint density at radius 3 is 1.60 bits per heavy atom. The molecule has 0 aliphatic rings. The van der Waals surface area contributed by atoms with Gasteiger partial charge in [0.25, 0.3) is 0 Å². The van der Waals surface area contributed by atoms with Crippen LogP contribution in [0.15, 0.2) is 149 Å². The molecule has 0 saturated carbocycles. The Hall–Kier alpha value is -5.55. The molecule has 0 amide bonds. The Labute approximate surface area is 443 Å². The van der Waals surface area contributed by atoms with Gasteiger partial charge in [-0.2, -0.15) is 0 Å². The van der Waals surface area contributed by atoms with Gasteiger partial charge in [0.1, 0.15) is 11.2 Å². The van der Waals surface area contributed by atoms with Gasteiger partial charge < -0.3 is 38.6 Å². The van der Waals surface area contributed by atoms with Crippen molar-refractivity contribution in [3.63, 3.8) is 0 Å². The zero-order valence-electron chi connectivity index (χ0n) is 51.6. The van der Waals surface area contributed by atoms with E-state index < -0.39 is 44.1 Å². The second kappa shape index (κ2) is 23.0. The fourth-order valence-corrected chi connectivity index (χ4v) is 6.99. The van der Waals surface area contributed by atoms with Crippen molar-refractivity contribution < 1.29 is 66.9 Å². The van der Waals surface area contributed by atoms with Gasteiger partial charge in [-0.1, -0.05) is 127 Å². The number of hydrogen-bond acceptors (Lipinski definition) is 5. The first-order chi connectivity index (χ1) is 35.3. The molecule has 5 heterocycles. The van der Waals surface area contributed by atoms with Crippen LogP contribution in [0.4, 0.5) is 0 Å². The molecule has 5 aromatic heterocycles. The molecule has 0 aliphatic heterocycles. The van der Waals surface area contributed by atoms with Gasteiger partial charge in [0.15, 0.2) is 5.58 Å². The molecular formula is C60H60Ir2N3O2-2. The molecule has 0 fully saturated rings. The van der Waals surface area contributed by atoms with Gasteiger partial charge in [-0.25, -0.2) is 0 Å². The smallest absolute Gasteiger partial charge is 0.501 e. The van der Waals surface area contributed by atoms with E-state index in [1.807, 2.05) is 84.0 Å². The summed E-state index contributed by atoms with van der Waals surface area (Å²) < 4.78 is 112. The molecule has 7 heteroatoms. The Balaban J connectivity index is 0.000000256. The normalized spacial score (nSPS) is 14.9. The second-order valence-electron chi connectivity index (χ2n) is 17.2. The average molecular weight is 1250 g/mol. The maximum Gasteiger partial charge on any atom is 3.00 e. The van der Waals surface area contributed by atoms with E-state index in [-0.39, 0.29) is 71.8 Å². The number of furan rings is 2. The first-order valence-electron chi connectivity index (χ1n) is 27.0. The van der Waals surface area contributed by atoms with Crippen molar-refractivity contribution in [1.29, 1.82) is 0 Å². The molecule has 347 valence electrons. The van der Waals surface area contributed by atoms with Crippen molar-refractivity contribution in [2.45, 2.75) is 74.8 Å². The number of hydrogen-bond donors (Lipinski definition) is 0. The summed E-state index contributed by atoms with van der Waals surface area (Å²) in [4.78, 5) is 13.2. The van der Waals surface area contributed by atoms with Crippen LogP contribution in [0.2, 0.25) is 0 Å². The van der Waals surface area contributed by atoms with Crippen LogP contribution >= 0.6 is 0 Å². The fourth-order valence-electron chi connectivity index (χ4n) is 6.99. The predicted molar refractivity (Wildman–Crippen MR) is 273 cm³/mol. The first-order valence-corrected chi connectivity index (χ1v) is 20.5. The SMILES string of the molecule is [2H]C([2H])([2H])c1c[c-]c(-c2ccc(C([2H])([2H])C(C)(C)C)cn2)cc1.[2H]C([2H])([2H])c1c[c-]c(-c2ccc(C([2H])([2H])C(C)(C)C)cn2)cc1.[2H]C([2H])([2H])c1ccc2c(c1)oc1c(-c3cc4c(cn3)oc3ccccc34)[c-]ccc12.[CH3-].[CH3-].[Ir+3].[Ir]. The second-order valence-corrected chi connectivity index (χ2v) is 17.2.